The van der Waals surface area contributed by atoms with Crippen molar-refractivity contribution in [2.45, 2.75) is 0 Å². The first kappa shape index (κ1) is 29.4. The molecule has 0 heterocycles. The Kier molecular flexibility index (Phi) is 19.8. The summed E-state index contributed by atoms with van der Waals surface area (Å²) >= 11 is 0. The lowest BCUT2D eigenvalue weighted by molar-refractivity contribution is -0.00174. The third kappa shape index (κ3) is 16.6. The lowest BCUT2D eigenvalue weighted by Gasteiger charge is -2.23. The first-order valence-electron chi connectivity index (χ1n) is 11.3. The number of rotatable bonds is 23. The monoisotopic (exact) mass is 472 g/mol. The van der Waals surface area contributed by atoms with E-state index in [2.05, 4.69) is 0 Å². The van der Waals surface area contributed by atoms with E-state index >= 15 is 0 Å². The van der Waals surface area contributed by atoms with E-state index < -0.39 is 0 Å². The van der Waals surface area contributed by atoms with Gasteiger partial charge in [0.05, 0.1) is 86.0 Å². The maximum absolute atomic E-state index is 12.8. The number of methoxy groups -OCH3 is 1. The van der Waals surface area contributed by atoms with Crippen LogP contribution in [0, 0.1) is 0 Å². The van der Waals surface area contributed by atoms with Crippen LogP contribution in [0.5, 0.6) is 0 Å². The number of ether oxygens (including phenoxy) is 7. The highest BCUT2D eigenvalue weighted by Gasteiger charge is 2.15. The fourth-order valence-corrected chi connectivity index (χ4v) is 2.63. The molecule has 0 saturated carbocycles. The van der Waals surface area contributed by atoms with Gasteiger partial charge in [-0.2, -0.15) is 0 Å². The Morgan fingerprint density at radius 3 is 1.55 bits per heavy atom. The lowest BCUT2D eigenvalue weighted by Crippen LogP contribution is -2.37. The lowest BCUT2D eigenvalue weighted by atomic mass is 10.2. The molecule has 0 spiro atoms. The zero-order chi connectivity index (χ0) is 23.8. The van der Waals surface area contributed by atoms with Gasteiger partial charge in [0.25, 0.3) is 5.91 Å². The number of hydrogen-bond donors (Lipinski definition) is 1. The predicted molar refractivity (Wildman–Crippen MR) is 123 cm³/mol. The van der Waals surface area contributed by atoms with Crippen molar-refractivity contribution in [3.05, 3.63) is 35.9 Å². The summed E-state index contributed by atoms with van der Waals surface area (Å²) in [6, 6.07) is 9.18. The van der Waals surface area contributed by atoms with Crippen LogP contribution in [0.4, 0.5) is 0 Å². The van der Waals surface area contributed by atoms with E-state index in [4.69, 9.17) is 38.9 Å². The standard InChI is InChI=1S/C23H40N2O8/c1-27-11-12-30-17-18-31-15-13-28-9-7-25(23(26)22-5-3-2-4-6-22)8-10-29-14-16-32-19-20-33-21-24/h2-6H,7-21,24H2,1H3. The quantitative estimate of drug-likeness (QED) is 0.183. The first-order chi connectivity index (χ1) is 16.3. The van der Waals surface area contributed by atoms with Crippen molar-refractivity contribution in [1.82, 2.24) is 4.90 Å². The van der Waals surface area contributed by atoms with E-state index in [1.807, 2.05) is 18.2 Å². The van der Waals surface area contributed by atoms with Gasteiger partial charge in [0.15, 0.2) is 0 Å². The second-order valence-corrected chi connectivity index (χ2v) is 6.79. The maximum Gasteiger partial charge on any atom is 0.254 e. The second kappa shape index (κ2) is 22.2. The number of carbonyl (C=O) groups is 1. The molecule has 0 bridgehead atoms. The van der Waals surface area contributed by atoms with Crippen molar-refractivity contribution < 1.29 is 38.0 Å². The summed E-state index contributed by atoms with van der Waals surface area (Å²) < 4.78 is 37.3. The van der Waals surface area contributed by atoms with Gasteiger partial charge in [-0.05, 0) is 12.1 Å². The van der Waals surface area contributed by atoms with Gasteiger partial charge in [0.2, 0.25) is 0 Å². The van der Waals surface area contributed by atoms with Crippen LogP contribution in [-0.2, 0) is 33.2 Å². The molecule has 0 aliphatic heterocycles. The van der Waals surface area contributed by atoms with Gasteiger partial charge in [-0.15, -0.1) is 0 Å². The van der Waals surface area contributed by atoms with Crippen LogP contribution in [0.1, 0.15) is 10.4 Å². The summed E-state index contributed by atoms with van der Waals surface area (Å²) in [6.45, 7) is 6.86. The van der Waals surface area contributed by atoms with Gasteiger partial charge in [-0.25, -0.2) is 0 Å². The SMILES string of the molecule is COCCOCCOCCOCCN(CCOCCOCCOCN)C(=O)c1ccccc1. The molecule has 1 amide bonds. The molecular formula is C23H40N2O8. The van der Waals surface area contributed by atoms with Gasteiger partial charge >= 0.3 is 0 Å². The van der Waals surface area contributed by atoms with E-state index in [0.717, 1.165) is 0 Å². The van der Waals surface area contributed by atoms with E-state index in [1.165, 1.54) is 0 Å². The minimum atomic E-state index is -0.0533. The highest BCUT2D eigenvalue weighted by molar-refractivity contribution is 5.94. The third-order valence-corrected chi connectivity index (χ3v) is 4.36. The van der Waals surface area contributed by atoms with Crippen LogP contribution in [0.15, 0.2) is 30.3 Å². The molecule has 0 unspecified atom stereocenters. The average Bonchev–Trinajstić information content (AvgIpc) is 2.85. The largest absolute Gasteiger partial charge is 0.382 e. The summed E-state index contributed by atoms with van der Waals surface area (Å²) in [5.41, 5.74) is 5.87. The van der Waals surface area contributed by atoms with Crippen LogP contribution in [0.3, 0.4) is 0 Å². The molecular weight excluding hydrogens is 432 g/mol. The van der Waals surface area contributed by atoms with Crippen LogP contribution < -0.4 is 5.73 Å². The molecule has 0 saturated heterocycles. The number of carbonyl (C=O) groups excluding carboxylic acids is 1. The van der Waals surface area contributed by atoms with Crippen LogP contribution in [0.25, 0.3) is 0 Å². The van der Waals surface area contributed by atoms with Crippen molar-refractivity contribution >= 4 is 5.91 Å². The van der Waals surface area contributed by atoms with Gasteiger partial charge in [-0.1, -0.05) is 18.2 Å². The summed E-state index contributed by atoms with van der Waals surface area (Å²) in [4.78, 5) is 14.6. The minimum Gasteiger partial charge on any atom is -0.382 e. The van der Waals surface area contributed by atoms with Crippen LogP contribution >= 0.6 is 0 Å². The summed E-state index contributed by atoms with van der Waals surface area (Å²) in [6.07, 6.45) is 0. The summed E-state index contributed by atoms with van der Waals surface area (Å²) in [5, 5.41) is 0. The molecule has 0 fully saturated rings. The average molecular weight is 473 g/mol. The number of amides is 1. The van der Waals surface area contributed by atoms with Crippen molar-refractivity contribution in [2.24, 2.45) is 5.73 Å². The third-order valence-electron chi connectivity index (χ3n) is 4.36. The second-order valence-electron chi connectivity index (χ2n) is 6.79. The molecule has 0 aliphatic carbocycles. The first-order valence-corrected chi connectivity index (χ1v) is 11.3. The zero-order valence-electron chi connectivity index (χ0n) is 19.8. The molecule has 0 aliphatic rings. The van der Waals surface area contributed by atoms with E-state index in [1.54, 1.807) is 24.1 Å². The molecule has 1 aromatic carbocycles. The molecule has 0 atom stereocenters. The van der Waals surface area contributed by atoms with E-state index in [-0.39, 0.29) is 12.6 Å². The van der Waals surface area contributed by atoms with Crippen molar-refractivity contribution in [2.75, 3.05) is 106 Å². The molecule has 33 heavy (non-hydrogen) atoms. The topological polar surface area (TPSA) is 111 Å². The van der Waals surface area contributed by atoms with Crippen molar-refractivity contribution in [3.63, 3.8) is 0 Å². The Morgan fingerprint density at radius 2 is 1.09 bits per heavy atom. The molecule has 0 aromatic heterocycles. The highest BCUT2D eigenvalue weighted by atomic mass is 16.6. The Hall–Kier alpha value is -1.63. The fraction of sp³-hybridized carbons (Fsp3) is 0.696. The molecule has 10 heteroatoms. The van der Waals surface area contributed by atoms with Gasteiger partial charge in [-0.3, -0.25) is 4.79 Å². The molecule has 2 N–H and O–H groups in total. The molecule has 1 rings (SSSR count). The van der Waals surface area contributed by atoms with Crippen LogP contribution in [0.2, 0.25) is 0 Å². The van der Waals surface area contributed by atoms with E-state index in [9.17, 15) is 4.79 Å². The molecule has 0 radical (unpaired) electrons. The molecule has 1 aromatic rings. The number of benzene rings is 1. The summed E-state index contributed by atoms with van der Waals surface area (Å²) in [5.74, 6) is -0.0533. The smallest absolute Gasteiger partial charge is 0.254 e. The number of hydrogen-bond acceptors (Lipinski definition) is 9. The van der Waals surface area contributed by atoms with E-state index in [0.29, 0.717) is 97.9 Å². The number of nitrogens with two attached hydrogens (primary N) is 1. The Morgan fingerprint density at radius 1 is 0.667 bits per heavy atom. The Balaban J connectivity index is 2.21. The maximum atomic E-state index is 12.8. The van der Waals surface area contributed by atoms with Gasteiger partial charge < -0.3 is 43.8 Å². The van der Waals surface area contributed by atoms with Crippen molar-refractivity contribution in [1.29, 1.82) is 0 Å². The number of nitrogens with zero attached hydrogens (tertiary/aromatic N) is 1. The zero-order valence-corrected chi connectivity index (χ0v) is 19.8. The van der Waals surface area contributed by atoms with Gasteiger partial charge in [0, 0.05) is 25.8 Å². The molecule has 190 valence electrons. The Bertz CT molecular complexity index is 565. The fourth-order valence-electron chi connectivity index (χ4n) is 2.63. The Labute approximate surface area is 197 Å². The minimum absolute atomic E-state index is 0.0533. The predicted octanol–water partition coefficient (Wildman–Crippen LogP) is 0.791. The highest BCUT2D eigenvalue weighted by Crippen LogP contribution is 2.05. The summed E-state index contributed by atoms with van der Waals surface area (Å²) in [7, 11) is 1.64. The van der Waals surface area contributed by atoms with Crippen LogP contribution in [-0.4, -0.2) is 117 Å². The molecule has 10 nitrogen and oxygen atoms in total. The van der Waals surface area contributed by atoms with Crippen molar-refractivity contribution in [3.8, 4) is 0 Å². The van der Waals surface area contributed by atoms with Gasteiger partial charge in [0.1, 0.15) is 0 Å². The normalized spacial score (nSPS) is 11.1.